The average Bonchev–Trinajstić information content (AvgIpc) is 3.08. The highest BCUT2D eigenvalue weighted by atomic mass is 32.2. The third-order valence-corrected chi connectivity index (χ3v) is 6.18. The topological polar surface area (TPSA) is 94.2 Å². The van der Waals surface area contributed by atoms with E-state index in [9.17, 15) is 13.2 Å². The van der Waals surface area contributed by atoms with Gasteiger partial charge in [-0.2, -0.15) is 0 Å². The molecule has 0 bridgehead atoms. The molecule has 0 atom stereocenters. The van der Waals surface area contributed by atoms with Crippen molar-refractivity contribution in [3.8, 4) is 5.75 Å². The number of methoxy groups -OCH3 is 1. The largest absolute Gasteiger partial charge is 0.496 e. The molecule has 0 aromatic heterocycles. The van der Waals surface area contributed by atoms with Gasteiger partial charge in [-0.25, -0.2) is 13.1 Å². The van der Waals surface area contributed by atoms with E-state index in [1.165, 1.54) is 19.2 Å². The Hall–Kier alpha value is -1.68. The number of sulfonamides is 1. The molecule has 2 saturated heterocycles. The zero-order valence-electron chi connectivity index (χ0n) is 15.0. The van der Waals surface area contributed by atoms with Gasteiger partial charge in [0.1, 0.15) is 5.75 Å². The first-order valence-electron chi connectivity index (χ1n) is 8.55. The maximum atomic E-state index is 12.4. The number of hydrogen-bond donors (Lipinski definition) is 1. The van der Waals surface area contributed by atoms with E-state index in [0.29, 0.717) is 50.5 Å². The van der Waals surface area contributed by atoms with Crippen LogP contribution in [0.15, 0.2) is 23.1 Å². The van der Waals surface area contributed by atoms with Gasteiger partial charge in [0.15, 0.2) is 5.79 Å². The van der Waals surface area contributed by atoms with Gasteiger partial charge >= 0.3 is 0 Å². The van der Waals surface area contributed by atoms with Crippen molar-refractivity contribution in [2.75, 3.05) is 40.0 Å². The second kappa shape index (κ2) is 7.51. The van der Waals surface area contributed by atoms with Gasteiger partial charge in [0, 0.05) is 25.9 Å². The number of piperidine rings is 1. The van der Waals surface area contributed by atoms with Crippen molar-refractivity contribution in [2.45, 2.75) is 30.4 Å². The number of benzene rings is 1. The molecule has 8 nitrogen and oxygen atoms in total. The molecule has 26 heavy (non-hydrogen) atoms. The molecule has 2 fully saturated rings. The Bertz CT molecular complexity index is 763. The van der Waals surface area contributed by atoms with Crippen molar-refractivity contribution in [3.63, 3.8) is 0 Å². The van der Waals surface area contributed by atoms with Gasteiger partial charge < -0.3 is 19.1 Å². The molecular formula is C17H24N2O6S. The first-order valence-corrected chi connectivity index (χ1v) is 10.0. The van der Waals surface area contributed by atoms with Gasteiger partial charge in [-0.05, 0) is 30.7 Å². The fourth-order valence-corrected chi connectivity index (χ4v) is 4.31. The van der Waals surface area contributed by atoms with Crippen LogP contribution < -0.4 is 9.46 Å². The van der Waals surface area contributed by atoms with Crippen molar-refractivity contribution in [3.05, 3.63) is 23.8 Å². The third kappa shape index (κ3) is 4.01. The number of nitrogens with one attached hydrogen (secondary N) is 1. The summed E-state index contributed by atoms with van der Waals surface area (Å²) in [6.45, 7) is 3.62. The van der Waals surface area contributed by atoms with E-state index in [4.69, 9.17) is 14.2 Å². The van der Waals surface area contributed by atoms with Gasteiger partial charge in [-0.3, -0.25) is 4.79 Å². The Labute approximate surface area is 153 Å². The number of likely N-dealkylation sites (tertiary alicyclic amines) is 1. The van der Waals surface area contributed by atoms with E-state index in [-0.39, 0.29) is 17.3 Å². The van der Waals surface area contributed by atoms with Crippen LogP contribution in [0.25, 0.3) is 0 Å². The minimum Gasteiger partial charge on any atom is -0.496 e. The predicted molar refractivity (Wildman–Crippen MR) is 93.4 cm³/mol. The lowest BCUT2D eigenvalue weighted by Crippen LogP contribution is -2.49. The molecule has 1 N–H and O–H groups in total. The van der Waals surface area contributed by atoms with E-state index < -0.39 is 15.8 Å². The Morgan fingerprint density at radius 3 is 2.50 bits per heavy atom. The van der Waals surface area contributed by atoms with E-state index in [1.54, 1.807) is 17.9 Å². The van der Waals surface area contributed by atoms with E-state index >= 15 is 0 Å². The van der Waals surface area contributed by atoms with Gasteiger partial charge in [0.25, 0.3) is 0 Å². The van der Waals surface area contributed by atoms with Gasteiger partial charge in [-0.15, -0.1) is 0 Å². The summed E-state index contributed by atoms with van der Waals surface area (Å²) in [5.74, 6) is -0.207. The summed E-state index contributed by atoms with van der Waals surface area (Å²) < 4.78 is 43.6. The Morgan fingerprint density at radius 2 is 1.92 bits per heavy atom. The lowest BCUT2D eigenvalue weighted by atomic mass is 10.0. The molecule has 1 spiro atoms. The molecule has 0 aliphatic carbocycles. The van der Waals surface area contributed by atoms with Gasteiger partial charge in [0.05, 0.1) is 31.8 Å². The van der Waals surface area contributed by atoms with Crippen LogP contribution in [0.3, 0.4) is 0 Å². The number of ether oxygens (including phenoxy) is 3. The van der Waals surface area contributed by atoms with Crippen LogP contribution in [0.4, 0.5) is 0 Å². The minimum atomic E-state index is -3.77. The van der Waals surface area contributed by atoms with Crippen LogP contribution >= 0.6 is 0 Å². The number of aryl methyl sites for hydroxylation is 1. The fraction of sp³-hybridized carbons (Fsp3) is 0.588. The third-order valence-electron chi connectivity index (χ3n) is 4.78. The van der Waals surface area contributed by atoms with E-state index in [1.807, 2.05) is 0 Å². The van der Waals surface area contributed by atoms with Crippen molar-refractivity contribution >= 4 is 15.9 Å². The normalized spacial score (nSPS) is 19.7. The van der Waals surface area contributed by atoms with Crippen molar-refractivity contribution in [1.82, 2.24) is 9.62 Å². The number of nitrogens with zero attached hydrogens (tertiary/aromatic N) is 1. The van der Waals surface area contributed by atoms with Crippen LogP contribution in [0, 0.1) is 6.92 Å². The smallest absolute Gasteiger partial charge is 0.241 e. The zero-order valence-corrected chi connectivity index (χ0v) is 15.8. The van der Waals surface area contributed by atoms with Crippen LogP contribution in [-0.2, 0) is 24.3 Å². The van der Waals surface area contributed by atoms with Crippen LogP contribution in [0.5, 0.6) is 5.75 Å². The van der Waals surface area contributed by atoms with Crippen LogP contribution in [0.1, 0.15) is 18.4 Å². The maximum absolute atomic E-state index is 12.4. The van der Waals surface area contributed by atoms with Crippen LogP contribution in [0.2, 0.25) is 0 Å². The number of rotatable bonds is 5. The number of amides is 1. The van der Waals surface area contributed by atoms with Crippen molar-refractivity contribution in [2.24, 2.45) is 0 Å². The summed E-state index contributed by atoms with van der Waals surface area (Å²) in [5, 5.41) is 0. The number of hydrogen-bond acceptors (Lipinski definition) is 6. The molecule has 9 heteroatoms. The van der Waals surface area contributed by atoms with Crippen LogP contribution in [-0.4, -0.2) is 65.0 Å². The first kappa shape index (κ1) is 19.1. The number of carbonyl (C=O) groups excluding carboxylic acids is 1. The molecule has 2 aliphatic heterocycles. The number of carbonyl (C=O) groups is 1. The Balaban J connectivity index is 1.56. The lowest BCUT2D eigenvalue weighted by Gasteiger charge is -2.37. The first-order chi connectivity index (χ1) is 12.4. The predicted octanol–water partition coefficient (Wildman–Crippen LogP) is 0.647. The summed E-state index contributed by atoms with van der Waals surface area (Å²) >= 11 is 0. The second-order valence-corrected chi connectivity index (χ2v) is 8.21. The molecule has 1 aromatic carbocycles. The Morgan fingerprint density at radius 1 is 1.27 bits per heavy atom. The molecule has 1 amide bonds. The van der Waals surface area contributed by atoms with Crippen molar-refractivity contribution < 1.29 is 27.4 Å². The van der Waals surface area contributed by atoms with E-state index in [0.717, 1.165) is 0 Å². The SMILES string of the molecule is COc1ccc(S(=O)(=O)NCC(=O)N2CCC3(CC2)OCCO3)cc1C. The summed E-state index contributed by atoms with van der Waals surface area (Å²) in [4.78, 5) is 14.1. The maximum Gasteiger partial charge on any atom is 0.241 e. The van der Waals surface area contributed by atoms with Gasteiger partial charge in [0.2, 0.25) is 15.9 Å². The molecule has 0 radical (unpaired) electrons. The molecule has 0 unspecified atom stereocenters. The Kier molecular flexibility index (Phi) is 5.52. The van der Waals surface area contributed by atoms with Gasteiger partial charge in [-0.1, -0.05) is 0 Å². The molecule has 2 heterocycles. The summed E-state index contributed by atoms with van der Waals surface area (Å²) in [5.41, 5.74) is 0.708. The molecular weight excluding hydrogens is 360 g/mol. The summed E-state index contributed by atoms with van der Waals surface area (Å²) in [7, 11) is -2.24. The zero-order chi connectivity index (χ0) is 18.8. The monoisotopic (exact) mass is 384 g/mol. The molecule has 144 valence electrons. The summed E-state index contributed by atoms with van der Waals surface area (Å²) in [6, 6.07) is 4.57. The minimum absolute atomic E-state index is 0.106. The standard InChI is InChI=1S/C17H24N2O6S/c1-13-11-14(3-4-15(13)23-2)26(21,22)18-12-16(20)19-7-5-17(6-8-19)24-9-10-25-17/h3-4,11,18H,5-10,12H2,1-2H3. The fourth-order valence-electron chi connectivity index (χ4n) is 3.25. The quantitative estimate of drug-likeness (QED) is 0.801. The molecule has 1 aromatic rings. The average molecular weight is 384 g/mol. The lowest BCUT2D eigenvalue weighted by molar-refractivity contribution is -0.187. The molecule has 0 saturated carbocycles. The second-order valence-electron chi connectivity index (χ2n) is 6.44. The molecule has 3 rings (SSSR count). The van der Waals surface area contributed by atoms with Crippen molar-refractivity contribution in [1.29, 1.82) is 0 Å². The highest BCUT2D eigenvalue weighted by Crippen LogP contribution is 2.31. The highest BCUT2D eigenvalue weighted by Gasteiger charge is 2.40. The van der Waals surface area contributed by atoms with E-state index in [2.05, 4.69) is 4.72 Å². The highest BCUT2D eigenvalue weighted by molar-refractivity contribution is 7.89. The molecule has 2 aliphatic rings. The summed E-state index contributed by atoms with van der Waals surface area (Å²) in [6.07, 6.45) is 1.20.